The van der Waals surface area contributed by atoms with Crippen LogP contribution in [0.5, 0.6) is 0 Å². The number of hydrogen-bond donors (Lipinski definition) is 1. The van der Waals surface area contributed by atoms with Crippen molar-refractivity contribution in [1.82, 2.24) is 4.90 Å². The Hall–Kier alpha value is -1.36. The van der Waals surface area contributed by atoms with Gasteiger partial charge in [0.1, 0.15) is 0 Å². The van der Waals surface area contributed by atoms with Gasteiger partial charge < -0.3 is 10.0 Å². The predicted octanol–water partition coefficient (Wildman–Crippen LogP) is 2.81. The highest BCUT2D eigenvalue weighted by molar-refractivity contribution is 7.14. The van der Waals surface area contributed by atoms with Crippen LogP contribution in [0.15, 0.2) is 6.07 Å². The lowest BCUT2D eigenvalue weighted by atomic mass is 10.1. The molecule has 110 valence electrons. The number of nitrogens with zero attached hydrogens (tertiary/aromatic N) is 1. The fourth-order valence-corrected chi connectivity index (χ4v) is 3.94. The third-order valence-electron chi connectivity index (χ3n) is 3.79. The molecule has 0 aliphatic carbocycles. The molecule has 0 radical (unpaired) electrons. The first kappa shape index (κ1) is 15.0. The fraction of sp³-hybridized carbons (Fsp3) is 0.600. The molecule has 1 aromatic heterocycles. The lowest BCUT2D eigenvalue weighted by Crippen LogP contribution is -2.29. The molecule has 5 heteroatoms. The summed E-state index contributed by atoms with van der Waals surface area (Å²) in [6.07, 6.45) is 3.59. The average Bonchev–Trinajstić information content (AvgIpc) is 3.05. The number of thiophene rings is 1. The van der Waals surface area contributed by atoms with Crippen molar-refractivity contribution in [2.75, 3.05) is 13.1 Å². The van der Waals surface area contributed by atoms with E-state index in [1.807, 2.05) is 6.07 Å². The molecule has 0 unspecified atom stereocenters. The van der Waals surface area contributed by atoms with Gasteiger partial charge in [0, 0.05) is 18.0 Å². The van der Waals surface area contributed by atoms with Gasteiger partial charge in [0.15, 0.2) is 0 Å². The molecular formula is C15H21NO3S. The van der Waals surface area contributed by atoms with Crippen LogP contribution in [0.4, 0.5) is 0 Å². The summed E-state index contributed by atoms with van der Waals surface area (Å²) in [4.78, 5) is 27.1. The Morgan fingerprint density at radius 2 is 2.20 bits per heavy atom. The lowest BCUT2D eigenvalue weighted by molar-refractivity contribution is -0.141. The van der Waals surface area contributed by atoms with Gasteiger partial charge in [0.25, 0.3) is 5.91 Å². The van der Waals surface area contributed by atoms with Gasteiger partial charge in [-0.15, -0.1) is 11.3 Å². The molecule has 1 saturated heterocycles. The van der Waals surface area contributed by atoms with Crippen LogP contribution in [0.25, 0.3) is 0 Å². The Balaban J connectivity index is 2.11. The second-order valence-electron chi connectivity index (χ2n) is 5.24. The van der Waals surface area contributed by atoms with Crippen LogP contribution >= 0.6 is 11.3 Å². The Bertz CT molecular complexity index is 509. The maximum Gasteiger partial charge on any atom is 0.308 e. The van der Waals surface area contributed by atoms with Crippen molar-refractivity contribution in [3.05, 3.63) is 21.4 Å². The van der Waals surface area contributed by atoms with Crippen LogP contribution in [0.2, 0.25) is 0 Å². The minimum Gasteiger partial charge on any atom is -0.481 e. The number of likely N-dealkylation sites (tertiary alicyclic amines) is 1. The van der Waals surface area contributed by atoms with Gasteiger partial charge in [-0.25, -0.2) is 0 Å². The molecule has 2 rings (SSSR count). The summed E-state index contributed by atoms with van der Waals surface area (Å²) in [6, 6.07) is 1.99. The van der Waals surface area contributed by atoms with Crippen molar-refractivity contribution in [2.24, 2.45) is 5.92 Å². The standard InChI is InChI=1S/C15H21NO3S/c1-3-5-12-10(4-2)8-13(20-12)14(17)16-7-6-11(9-16)15(18)19/h8,11H,3-7,9H2,1-2H3,(H,18,19)/t11-/m1/s1. The summed E-state index contributed by atoms with van der Waals surface area (Å²) in [5.74, 6) is -1.21. The number of aliphatic carboxylic acids is 1. The SMILES string of the molecule is CCCc1sc(C(=O)N2CC[C@@H](C(=O)O)C2)cc1CC. The minimum absolute atomic E-state index is 0.00389. The van der Waals surface area contributed by atoms with Crippen molar-refractivity contribution >= 4 is 23.2 Å². The molecule has 1 N–H and O–H groups in total. The molecule has 1 aliphatic rings. The van der Waals surface area contributed by atoms with Gasteiger partial charge in [-0.3, -0.25) is 9.59 Å². The molecular weight excluding hydrogens is 274 g/mol. The zero-order valence-corrected chi connectivity index (χ0v) is 12.8. The Morgan fingerprint density at radius 3 is 2.75 bits per heavy atom. The molecule has 1 amide bonds. The van der Waals surface area contributed by atoms with Crippen LogP contribution in [0.1, 0.15) is 46.8 Å². The largest absolute Gasteiger partial charge is 0.481 e. The van der Waals surface area contributed by atoms with Crippen molar-refractivity contribution in [2.45, 2.75) is 39.5 Å². The second kappa shape index (κ2) is 6.39. The molecule has 1 fully saturated rings. The van der Waals surface area contributed by atoms with Gasteiger partial charge in [-0.2, -0.15) is 0 Å². The third kappa shape index (κ3) is 3.03. The van der Waals surface area contributed by atoms with Gasteiger partial charge in [-0.05, 0) is 30.9 Å². The number of hydrogen-bond acceptors (Lipinski definition) is 3. The molecule has 0 bridgehead atoms. The Morgan fingerprint density at radius 1 is 1.45 bits per heavy atom. The zero-order valence-electron chi connectivity index (χ0n) is 12.0. The fourth-order valence-electron chi connectivity index (χ4n) is 2.61. The van der Waals surface area contributed by atoms with Gasteiger partial charge in [0.2, 0.25) is 0 Å². The monoisotopic (exact) mass is 295 g/mol. The maximum atomic E-state index is 12.4. The summed E-state index contributed by atoms with van der Waals surface area (Å²) in [6.45, 7) is 5.14. The molecule has 1 atom stereocenters. The zero-order chi connectivity index (χ0) is 14.7. The first-order chi connectivity index (χ1) is 9.56. The Kier molecular flexibility index (Phi) is 4.81. The van der Waals surface area contributed by atoms with Gasteiger partial charge >= 0.3 is 5.97 Å². The van der Waals surface area contributed by atoms with E-state index in [0.717, 1.165) is 24.1 Å². The van der Waals surface area contributed by atoms with E-state index < -0.39 is 11.9 Å². The van der Waals surface area contributed by atoms with E-state index >= 15 is 0 Å². The van der Waals surface area contributed by atoms with Crippen molar-refractivity contribution in [1.29, 1.82) is 0 Å². The molecule has 1 aliphatic heterocycles. The van der Waals surface area contributed by atoms with Gasteiger partial charge in [0.05, 0.1) is 10.8 Å². The number of carbonyl (C=O) groups is 2. The van der Waals surface area contributed by atoms with E-state index in [4.69, 9.17) is 5.11 Å². The van der Waals surface area contributed by atoms with Crippen molar-refractivity contribution in [3.63, 3.8) is 0 Å². The summed E-state index contributed by atoms with van der Waals surface area (Å²) in [5, 5.41) is 9.00. The van der Waals surface area contributed by atoms with Crippen LogP contribution in [0.3, 0.4) is 0 Å². The molecule has 1 aromatic rings. The highest BCUT2D eigenvalue weighted by atomic mass is 32.1. The first-order valence-corrected chi connectivity index (χ1v) is 8.02. The number of amides is 1. The summed E-state index contributed by atoms with van der Waals surface area (Å²) < 4.78 is 0. The molecule has 2 heterocycles. The molecule has 20 heavy (non-hydrogen) atoms. The number of aryl methyl sites for hydroxylation is 2. The predicted molar refractivity (Wildman–Crippen MR) is 79.3 cm³/mol. The molecule has 4 nitrogen and oxygen atoms in total. The Labute approximate surface area is 123 Å². The molecule has 0 spiro atoms. The summed E-state index contributed by atoms with van der Waals surface area (Å²) in [7, 11) is 0. The maximum absolute atomic E-state index is 12.4. The highest BCUT2D eigenvalue weighted by Crippen LogP contribution is 2.27. The number of rotatable bonds is 5. The average molecular weight is 295 g/mol. The number of carbonyl (C=O) groups excluding carboxylic acids is 1. The van der Waals surface area contributed by atoms with Crippen LogP contribution in [-0.4, -0.2) is 35.0 Å². The van der Waals surface area contributed by atoms with E-state index in [1.54, 1.807) is 16.2 Å². The summed E-state index contributed by atoms with van der Waals surface area (Å²) in [5.41, 5.74) is 1.26. The third-order valence-corrected chi connectivity index (χ3v) is 5.02. The van der Waals surface area contributed by atoms with E-state index in [9.17, 15) is 9.59 Å². The highest BCUT2D eigenvalue weighted by Gasteiger charge is 2.32. The van der Waals surface area contributed by atoms with Crippen LogP contribution in [-0.2, 0) is 17.6 Å². The van der Waals surface area contributed by atoms with Crippen molar-refractivity contribution < 1.29 is 14.7 Å². The molecule has 0 saturated carbocycles. The molecule has 0 aromatic carbocycles. The van der Waals surface area contributed by atoms with Crippen LogP contribution in [0, 0.1) is 5.92 Å². The van der Waals surface area contributed by atoms with Crippen LogP contribution < -0.4 is 0 Å². The quantitative estimate of drug-likeness (QED) is 0.908. The number of carboxylic acids is 1. The topological polar surface area (TPSA) is 57.6 Å². The number of carboxylic acid groups (broad SMARTS) is 1. The minimum atomic E-state index is -0.799. The van der Waals surface area contributed by atoms with E-state index in [-0.39, 0.29) is 5.91 Å². The normalized spacial score (nSPS) is 18.5. The smallest absolute Gasteiger partial charge is 0.308 e. The van der Waals surface area contributed by atoms with Crippen molar-refractivity contribution in [3.8, 4) is 0 Å². The second-order valence-corrected chi connectivity index (χ2v) is 6.37. The summed E-state index contributed by atoms with van der Waals surface area (Å²) >= 11 is 1.57. The first-order valence-electron chi connectivity index (χ1n) is 7.20. The van der Waals surface area contributed by atoms with Gasteiger partial charge in [-0.1, -0.05) is 20.3 Å². The lowest BCUT2D eigenvalue weighted by Gasteiger charge is -2.14. The van der Waals surface area contributed by atoms with E-state index in [1.165, 1.54) is 10.4 Å². The van der Waals surface area contributed by atoms with E-state index in [0.29, 0.717) is 19.5 Å². The van der Waals surface area contributed by atoms with E-state index in [2.05, 4.69) is 13.8 Å².